The Morgan fingerprint density at radius 3 is 2.84 bits per heavy atom. The summed E-state index contributed by atoms with van der Waals surface area (Å²) in [4.78, 5) is 19.2. The molecule has 134 valence electrons. The summed E-state index contributed by atoms with van der Waals surface area (Å²) in [6.45, 7) is 6.48. The number of halogens is 1. The molecule has 0 saturated carbocycles. The fourth-order valence-electron chi connectivity index (χ4n) is 3.46. The van der Waals surface area contributed by atoms with Crippen molar-refractivity contribution in [3.05, 3.63) is 35.0 Å². The van der Waals surface area contributed by atoms with Gasteiger partial charge in [-0.2, -0.15) is 0 Å². The molecule has 25 heavy (non-hydrogen) atoms. The molecular weight excluding hydrogens is 338 g/mol. The number of nitrogens with zero attached hydrogens (tertiary/aromatic N) is 2. The van der Waals surface area contributed by atoms with Gasteiger partial charge in [0.1, 0.15) is 5.75 Å². The predicted octanol–water partition coefficient (Wildman–Crippen LogP) is 3.34. The second-order valence-corrected chi connectivity index (χ2v) is 7.89. The van der Waals surface area contributed by atoms with E-state index >= 15 is 0 Å². The summed E-state index contributed by atoms with van der Waals surface area (Å²) >= 11 is 6.32. The molecule has 1 fully saturated rings. The normalized spacial score (nSPS) is 15.3. The molecular formula is C19H24ClN3O2. The van der Waals surface area contributed by atoms with Crippen LogP contribution >= 0.6 is 11.6 Å². The maximum atomic E-state index is 12.9. The molecule has 0 spiro atoms. The molecule has 0 aliphatic carbocycles. The average molecular weight is 362 g/mol. The SMILES string of the molecule is COc1c(Cl)cc(C(=O)N2CC(CC(C)(C)CN)C2)c2ncccc12. The molecule has 6 heteroatoms. The van der Waals surface area contributed by atoms with Gasteiger partial charge in [-0.15, -0.1) is 0 Å². The van der Waals surface area contributed by atoms with Crippen LogP contribution in [-0.2, 0) is 0 Å². The summed E-state index contributed by atoms with van der Waals surface area (Å²) in [6.07, 6.45) is 2.70. The molecule has 5 nitrogen and oxygen atoms in total. The molecule has 2 N–H and O–H groups in total. The van der Waals surface area contributed by atoms with Crippen LogP contribution in [0.25, 0.3) is 10.9 Å². The van der Waals surface area contributed by atoms with E-state index in [4.69, 9.17) is 22.1 Å². The summed E-state index contributed by atoms with van der Waals surface area (Å²) in [5.41, 5.74) is 7.07. The molecule has 2 aromatic rings. The standard InChI is InChI=1S/C19H24ClN3O2/c1-19(2,11-21)8-12-9-23(10-12)18(24)14-7-15(20)17(25-3)13-5-4-6-22-16(13)14/h4-7,12H,8-11,21H2,1-3H3. The van der Waals surface area contributed by atoms with Crippen LogP contribution in [0.3, 0.4) is 0 Å². The molecule has 1 aromatic heterocycles. The highest BCUT2D eigenvalue weighted by molar-refractivity contribution is 6.34. The third-order valence-electron chi connectivity index (χ3n) is 4.87. The summed E-state index contributed by atoms with van der Waals surface area (Å²) in [7, 11) is 1.56. The first kappa shape index (κ1) is 18.0. The van der Waals surface area contributed by atoms with E-state index in [1.165, 1.54) is 0 Å². The van der Waals surface area contributed by atoms with Crippen molar-refractivity contribution in [2.24, 2.45) is 17.1 Å². The number of hydrogen-bond donors (Lipinski definition) is 1. The van der Waals surface area contributed by atoms with Gasteiger partial charge in [-0.1, -0.05) is 25.4 Å². The number of nitrogens with two attached hydrogens (primary N) is 1. The first-order chi connectivity index (χ1) is 11.9. The first-order valence-electron chi connectivity index (χ1n) is 8.47. The van der Waals surface area contributed by atoms with Crippen molar-refractivity contribution in [1.82, 2.24) is 9.88 Å². The minimum atomic E-state index is -0.0324. The Balaban J connectivity index is 1.83. The number of methoxy groups -OCH3 is 1. The van der Waals surface area contributed by atoms with Crippen LogP contribution in [0.5, 0.6) is 5.75 Å². The zero-order valence-electron chi connectivity index (χ0n) is 14.9. The van der Waals surface area contributed by atoms with E-state index in [1.807, 2.05) is 17.0 Å². The van der Waals surface area contributed by atoms with Crippen molar-refractivity contribution in [1.29, 1.82) is 0 Å². The number of ether oxygens (including phenoxy) is 1. The smallest absolute Gasteiger partial charge is 0.256 e. The van der Waals surface area contributed by atoms with Crippen molar-refractivity contribution in [3.8, 4) is 5.75 Å². The lowest BCUT2D eigenvalue weighted by Crippen LogP contribution is -2.51. The lowest BCUT2D eigenvalue weighted by atomic mass is 9.79. The summed E-state index contributed by atoms with van der Waals surface area (Å²) in [6, 6.07) is 5.34. The lowest BCUT2D eigenvalue weighted by molar-refractivity contribution is 0.0408. The highest BCUT2D eigenvalue weighted by Gasteiger charge is 2.35. The number of carbonyl (C=O) groups is 1. The van der Waals surface area contributed by atoms with Gasteiger partial charge in [0.05, 0.1) is 23.2 Å². The molecule has 0 bridgehead atoms. The molecule has 1 aliphatic heterocycles. The summed E-state index contributed by atoms with van der Waals surface area (Å²) in [5.74, 6) is 1.01. The minimum Gasteiger partial charge on any atom is -0.494 e. The molecule has 1 aromatic carbocycles. The van der Waals surface area contributed by atoms with Crippen LogP contribution in [0.2, 0.25) is 5.02 Å². The Hall–Kier alpha value is -1.85. The molecule has 1 aliphatic rings. The molecule has 3 rings (SSSR count). The third kappa shape index (κ3) is 3.44. The zero-order valence-corrected chi connectivity index (χ0v) is 15.6. The second-order valence-electron chi connectivity index (χ2n) is 7.49. The quantitative estimate of drug-likeness (QED) is 0.886. The van der Waals surface area contributed by atoms with E-state index in [0.29, 0.717) is 34.3 Å². The van der Waals surface area contributed by atoms with E-state index < -0.39 is 0 Å². The molecule has 0 radical (unpaired) electrons. The van der Waals surface area contributed by atoms with Crippen molar-refractivity contribution < 1.29 is 9.53 Å². The zero-order chi connectivity index (χ0) is 18.2. The number of carbonyl (C=O) groups excluding carboxylic acids is 1. The van der Waals surface area contributed by atoms with Gasteiger partial charge in [-0.3, -0.25) is 9.78 Å². The number of likely N-dealkylation sites (tertiary alicyclic amines) is 1. The number of fused-ring (bicyclic) bond motifs is 1. The van der Waals surface area contributed by atoms with E-state index in [-0.39, 0.29) is 11.3 Å². The van der Waals surface area contributed by atoms with Gasteiger partial charge in [0.15, 0.2) is 0 Å². The predicted molar refractivity (Wildman–Crippen MR) is 100 cm³/mol. The molecule has 1 amide bonds. The number of hydrogen-bond acceptors (Lipinski definition) is 4. The molecule has 1 saturated heterocycles. The highest BCUT2D eigenvalue weighted by atomic mass is 35.5. The summed E-state index contributed by atoms with van der Waals surface area (Å²) < 4.78 is 5.37. The second kappa shape index (κ2) is 6.81. The fraction of sp³-hybridized carbons (Fsp3) is 0.474. The third-order valence-corrected chi connectivity index (χ3v) is 5.15. The van der Waals surface area contributed by atoms with Crippen molar-refractivity contribution in [3.63, 3.8) is 0 Å². The number of benzene rings is 1. The van der Waals surface area contributed by atoms with E-state index in [9.17, 15) is 4.79 Å². The monoisotopic (exact) mass is 361 g/mol. The highest BCUT2D eigenvalue weighted by Crippen LogP contribution is 2.37. The maximum Gasteiger partial charge on any atom is 0.256 e. The van der Waals surface area contributed by atoms with Crippen molar-refractivity contribution in [2.45, 2.75) is 20.3 Å². The number of pyridine rings is 1. The Morgan fingerprint density at radius 2 is 2.20 bits per heavy atom. The minimum absolute atomic E-state index is 0.0324. The average Bonchev–Trinajstić information content (AvgIpc) is 2.56. The van der Waals surface area contributed by atoms with Gasteiger partial charge in [-0.05, 0) is 42.5 Å². The van der Waals surface area contributed by atoms with Crippen molar-refractivity contribution >= 4 is 28.4 Å². The maximum absolute atomic E-state index is 12.9. The first-order valence-corrected chi connectivity index (χ1v) is 8.84. The Bertz CT molecular complexity index is 801. The lowest BCUT2D eigenvalue weighted by Gasteiger charge is -2.42. The van der Waals surface area contributed by atoms with E-state index in [2.05, 4.69) is 18.8 Å². The largest absolute Gasteiger partial charge is 0.494 e. The number of aromatic nitrogens is 1. The van der Waals surface area contributed by atoms with Crippen LogP contribution in [0.4, 0.5) is 0 Å². The number of rotatable bonds is 5. The van der Waals surface area contributed by atoms with Crippen LogP contribution in [-0.4, -0.2) is 42.5 Å². The van der Waals surface area contributed by atoms with Gasteiger partial charge in [-0.25, -0.2) is 0 Å². The molecule has 0 atom stereocenters. The number of amides is 1. The van der Waals surface area contributed by atoms with E-state index in [1.54, 1.807) is 19.4 Å². The van der Waals surface area contributed by atoms with Crippen LogP contribution in [0, 0.1) is 11.3 Å². The Labute approximate surface area is 153 Å². The molecule has 2 heterocycles. The van der Waals surface area contributed by atoms with Crippen molar-refractivity contribution in [2.75, 3.05) is 26.7 Å². The Morgan fingerprint density at radius 1 is 1.48 bits per heavy atom. The van der Waals surface area contributed by atoms with Gasteiger partial charge in [0, 0.05) is 24.7 Å². The summed E-state index contributed by atoms with van der Waals surface area (Å²) in [5, 5.41) is 1.18. The van der Waals surface area contributed by atoms with Gasteiger partial charge >= 0.3 is 0 Å². The van der Waals surface area contributed by atoms with Gasteiger partial charge in [0.25, 0.3) is 5.91 Å². The van der Waals surface area contributed by atoms with Crippen LogP contribution in [0.1, 0.15) is 30.6 Å². The Kier molecular flexibility index (Phi) is 4.89. The van der Waals surface area contributed by atoms with E-state index in [0.717, 1.165) is 24.9 Å². The van der Waals surface area contributed by atoms with Crippen LogP contribution < -0.4 is 10.5 Å². The van der Waals surface area contributed by atoms with Crippen LogP contribution in [0.15, 0.2) is 24.4 Å². The van der Waals surface area contributed by atoms with Gasteiger partial charge < -0.3 is 15.4 Å². The topological polar surface area (TPSA) is 68.5 Å². The fourth-order valence-corrected chi connectivity index (χ4v) is 3.75. The molecule has 0 unspecified atom stereocenters. The van der Waals surface area contributed by atoms with Gasteiger partial charge in [0.2, 0.25) is 0 Å².